The van der Waals surface area contributed by atoms with Crippen LogP contribution in [0.5, 0.6) is 0 Å². The van der Waals surface area contributed by atoms with Gasteiger partial charge in [0, 0.05) is 7.47 Å². The van der Waals surface area contributed by atoms with Crippen LogP contribution in [0.25, 0.3) is 0 Å². The van der Waals surface area contributed by atoms with E-state index in [-0.39, 0.29) is 6.13 Å². The van der Waals surface area contributed by atoms with Gasteiger partial charge in [-0.3, -0.25) is 4.70 Å². The van der Waals surface area contributed by atoms with Gasteiger partial charge in [0.15, 0.2) is 0 Å². The molecule has 1 aliphatic rings. The molecule has 0 spiro atoms. The lowest BCUT2D eigenvalue weighted by molar-refractivity contribution is 0.523. The molecule has 2 heteroatoms. The highest BCUT2D eigenvalue weighted by atomic mass is 19.0. The Morgan fingerprint density at radius 2 is 2.00 bits per heavy atom. The van der Waals surface area contributed by atoms with Crippen molar-refractivity contribution in [1.29, 1.82) is 0 Å². The fourth-order valence-electron chi connectivity index (χ4n) is 1.48. The summed E-state index contributed by atoms with van der Waals surface area (Å²) in [6.45, 7) is 3.44. The smallest absolute Gasteiger partial charge is 0.00670 e. The fourth-order valence-corrected chi connectivity index (χ4v) is 1.48. The van der Waals surface area contributed by atoms with Crippen LogP contribution < -0.4 is 5.32 Å². The van der Waals surface area contributed by atoms with E-state index < -0.39 is 0 Å². The second-order valence-corrected chi connectivity index (χ2v) is 2.94. The summed E-state index contributed by atoms with van der Waals surface area (Å²) < 4.78 is 0. The summed E-state index contributed by atoms with van der Waals surface area (Å²) in [5, 5.41) is 3.53. The fraction of sp³-hybridized carbons (Fsp3) is 1.00. The van der Waals surface area contributed by atoms with Crippen LogP contribution in [0, 0.1) is 0 Å². The van der Waals surface area contributed by atoms with Crippen molar-refractivity contribution in [2.45, 2.75) is 45.1 Å². The van der Waals surface area contributed by atoms with Gasteiger partial charge in [-0.15, -0.1) is 0 Å². The summed E-state index contributed by atoms with van der Waals surface area (Å²) >= 11 is 0. The average molecular weight is 149 g/mol. The molecule has 0 aliphatic heterocycles. The van der Waals surface area contributed by atoms with Crippen molar-refractivity contribution >= 4 is 0 Å². The zero-order valence-electron chi connectivity index (χ0n) is 6.73. The predicted octanol–water partition coefficient (Wildman–Crippen LogP) is 2.33. The van der Waals surface area contributed by atoms with E-state index in [1.807, 2.05) is 0 Å². The predicted molar refractivity (Wildman–Crippen MR) is 45.2 cm³/mol. The zero-order chi connectivity index (χ0) is 6.53. The van der Waals surface area contributed by atoms with Crippen LogP contribution in [0.15, 0.2) is 0 Å². The maximum atomic E-state index is 3.53. The lowest BCUT2D eigenvalue weighted by atomic mass is 10.2. The van der Waals surface area contributed by atoms with Crippen molar-refractivity contribution in [3.05, 3.63) is 0 Å². The molecule has 1 nitrogen and oxygen atoms in total. The first kappa shape index (κ1) is 9.89. The molecule has 0 aromatic heterocycles. The van der Waals surface area contributed by atoms with Crippen LogP contribution >= 0.6 is 0 Å². The monoisotopic (exact) mass is 149 g/mol. The van der Waals surface area contributed by atoms with E-state index in [1.165, 1.54) is 38.6 Å². The molecule has 1 aliphatic carbocycles. The Kier molecular flexibility index (Phi) is 5.60. The van der Waals surface area contributed by atoms with Crippen LogP contribution in [0.1, 0.15) is 40.5 Å². The lowest BCUT2D eigenvalue weighted by Gasteiger charge is -2.09. The van der Waals surface area contributed by atoms with Crippen LogP contribution in [0.4, 0.5) is 4.70 Å². The minimum atomic E-state index is 0. The summed E-state index contributed by atoms with van der Waals surface area (Å²) in [7, 11) is 0. The molecular formula is C8H20FN. The molecular weight excluding hydrogens is 129 g/mol. The van der Waals surface area contributed by atoms with Gasteiger partial charge >= 0.3 is 0 Å². The van der Waals surface area contributed by atoms with Crippen molar-refractivity contribution in [3.8, 4) is 0 Å². The highest BCUT2D eigenvalue weighted by molar-refractivity contribution is 4.72. The first-order valence-electron chi connectivity index (χ1n) is 4.17. The Morgan fingerprint density at radius 1 is 1.40 bits per heavy atom. The number of halogens is 1. The van der Waals surface area contributed by atoms with Gasteiger partial charge in [-0.05, 0) is 25.8 Å². The van der Waals surface area contributed by atoms with Crippen molar-refractivity contribution in [2.75, 3.05) is 6.54 Å². The first-order valence-corrected chi connectivity index (χ1v) is 4.17. The van der Waals surface area contributed by atoms with E-state index in [1.54, 1.807) is 0 Å². The second-order valence-electron chi connectivity index (χ2n) is 2.94. The number of rotatable bonds is 3. The molecule has 1 rings (SSSR count). The van der Waals surface area contributed by atoms with Crippen LogP contribution in [-0.2, 0) is 0 Å². The number of hydrogen-bond donors (Lipinski definition) is 1. The third-order valence-corrected chi connectivity index (χ3v) is 2.04. The van der Waals surface area contributed by atoms with Gasteiger partial charge < -0.3 is 5.32 Å². The molecule has 0 amide bonds. The van der Waals surface area contributed by atoms with Gasteiger partial charge in [0.2, 0.25) is 0 Å². The minimum Gasteiger partial charge on any atom is -0.314 e. The Labute approximate surface area is 64.1 Å². The highest BCUT2D eigenvalue weighted by Crippen LogP contribution is 2.17. The Balaban J connectivity index is 0. The highest BCUT2D eigenvalue weighted by Gasteiger charge is 2.12. The summed E-state index contributed by atoms with van der Waals surface area (Å²) in [4.78, 5) is 0. The molecule has 0 atom stereocenters. The van der Waals surface area contributed by atoms with Gasteiger partial charge in [0.25, 0.3) is 0 Å². The Hall–Kier alpha value is -0.110. The van der Waals surface area contributed by atoms with E-state index in [2.05, 4.69) is 12.2 Å². The largest absolute Gasteiger partial charge is 0.314 e. The third-order valence-electron chi connectivity index (χ3n) is 2.04. The van der Waals surface area contributed by atoms with Gasteiger partial charge in [-0.2, -0.15) is 0 Å². The maximum absolute atomic E-state index is 3.53. The van der Waals surface area contributed by atoms with Gasteiger partial charge in [0.1, 0.15) is 0 Å². The summed E-state index contributed by atoms with van der Waals surface area (Å²) in [6, 6.07) is 0.866. The molecule has 0 radical (unpaired) electrons. The van der Waals surface area contributed by atoms with Crippen molar-refractivity contribution < 1.29 is 6.13 Å². The van der Waals surface area contributed by atoms with Crippen molar-refractivity contribution in [3.63, 3.8) is 0 Å². The van der Waals surface area contributed by atoms with Crippen molar-refractivity contribution in [1.82, 2.24) is 5.32 Å². The van der Waals surface area contributed by atoms with Crippen LogP contribution in [0.2, 0.25) is 0 Å². The number of nitrogens with one attached hydrogen (secondary N) is 1. The molecule has 0 heterocycles. The van der Waals surface area contributed by atoms with E-state index in [4.69, 9.17) is 0 Å². The molecule has 0 saturated heterocycles. The lowest BCUT2D eigenvalue weighted by Crippen LogP contribution is -2.26. The molecule has 10 heavy (non-hydrogen) atoms. The third kappa shape index (κ3) is 3.16. The SMILES string of the molecule is CCCNC1CCCC1.F.[HH]. The van der Waals surface area contributed by atoms with Gasteiger partial charge in [0.05, 0.1) is 0 Å². The summed E-state index contributed by atoms with van der Waals surface area (Å²) in [5.74, 6) is 0. The van der Waals surface area contributed by atoms with Crippen molar-refractivity contribution in [2.24, 2.45) is 0 Å². The van der Waals surface area contributed by atoms with Gasteiger partial charge in [-0.25, -0.2) is 0 Å². The molecule has 1 N–H and O–H groups in total. The minimum absolute atomic E-state index is 0. The summed E-state index contributed by atoms with van der Waals surface area (Å²) in [5.41, 5.74) is 0. The van der Waals surface area contributed by atoms with E-state index >= 15 is 0 Å². The van der Waals surface area contributed by atoms with Crippen LogP contribution in [0.3, 0.4) is 0 Å². The molecule has 1 saturated carbocycles. The second kappa shape index (κ2) is 5.66. The Bertz CT molecular complexity index is 74.5. The van der Waals surface area contributed by atoms with E-state index in [9.17, 15) is 0 Å². The quantitative estimate of drug-likeness (QED) is 0.649. The average Bonchev–Trinajstić information content (AvgIpc) is 2.34. The molecule has 1 fully saturated rings. The standard InChI is InChI=1S/C8H17N.FH.H2/c1-2-7-9-8-5-3-4-6-8;;/h8-9H,2-7H2,1H3;2*1H. The topological polar surface area (TPSA) is 12.0 Å². The first-order chi connectivity index (χ1) is 4.43. The normalized spacial score (nSPS) is 18.9. The van der Waals surface area contributed by atoms with Gasteiger partial charge in [-0.1, -0.05) is 19.8 Å². The molecule has 0 aromatic carbocycles. The van der Waals surface area contributed by atoms with E-state index in [0.717, 1.165) is 6.04 Å². The van der Waals surface area contributed by atoms with E-state index in [0.29, 0.717) is 0 Å². The molecule has 0 aromatic rings. The maximum Gasteiger partial charge on any atom is 0.00670 e. The Morgan fingerprint density at radius 3 is 2.50 bits per heavy atom. The molecule has 0 unspecified atom stereocenters. The molecule has 0 bridgehead atoms. The molecule has 64 valence electrons. The number of hydrogen-bond acceptors (Lipinski definition) is 1. The summed E-state index contributed by atoms with van der Waals surface area (Å²) in [6.07, 6.45) is 7.00. The van der Waals surface area contributed by atoms with Crippen LogP contribution in [-0.4, -0.2) is 12.6 Å². The zero-order valence-corrected chi connectivity index (χ0v) is 6.73.